The van der Waals surface area contributed by atoms with E-state index in [-0.39, 0.29) is 5.54 Å². The van der Waals surface area contributed by atoms with Gasteiger partial charge in [-0.15, -0.1) is 0 Å². The molecule has 0 spiro atoms. The molecule has 0 aliphatic rings. The van der Waals surface area contributed by atoms with E-state index in [9.17, 15) is 0 Å². The Kier molecular flexibility index (Phi) is 3.88. The number of rotatable bonds is 3. The lowest BCUT2D eigenvalue weighted by Crippen LogP contribution is -2.34. The maximum Gasteiger partial charge on any atom is 0.0432 e. The Morgan fingerprint density at radius 2 is 1.75 bits per heavy atom. The smallest absolute Gasteiger partial charge is 0.0432 e. The number of aryl methyl sites for hydroxylation is 1. The van der Waals surface area contributed by atoms with E-state index >= 15 is 0 Å². The fourth-order valence-corrected chi connectivity index (χ4v) is 1.43. The van der Waals surface area contributed by atoms with Crippen LogP contribution in [0.15, 0.2) is 30.3 Å². The van der Waals surface area contributed by atoms with Crippen molar-refractivity contribution in [2.45, 2.75) is 33.2 Å². The fourth-order valence-electron chi connectivity index (χ4n) is 1.43. The molecule has 0 amide bonds. The summed E-state index contributed by atoms with van der Waals surface area (Å²) in [6.07, 6.45) is 3.10. The molecule has 0 saturated heterocycles. The Labute approximate surface area is 97.9 Å². The summed E-state index contributed by atoms with van der Waals surface area (Å²) < 4.78 is 0. The SMILES string of the molecule is Cc1ccc(/C(=C/C=N)NC(C)(C)C)cc1. The maximum absolute atomic E-state index is 7.19. The van der Waals surface area contributed by atoms with Gasteiger partial charge in [0, 0.05) is 17.5 Å². The number of hydrogen-bond donors (Lipinski definition) is 2. The van der Waals surface area contributed by atoms with Crippen LogP contribution in [0.1, 0.15) is 31.9 Å². The largest absolute Gasteiger partial charge is 0.380 e. The van der Waals surface area contributed by atoms with Crippen molar-refractivity contribution in [3.05, 3.63) is 41.5 Å². The van der Waals surface area contributed by atoms with Crippen LogP contribution in [0.5, 0.6) is 0 Å². The zero-order valence-corrected chi connectivity index (χ0v) is 10.5. The third-order valence-corrected chi connectivity index (χ3v) is 2.12. The van der Waals surface area contributed by atoms with E-state index in [0.29, 0.717) is 0 Å². The predicted octanol–water partition coefficient (Wildman–Crippen LogP) is 3.37. The third-order valence-electron chi connectivity index (χ3n) is 2.12. The van der Waals surface area contributed by atoms with Gasteiger partial charge in [0.25, 0.3) is 0 Å². The number of allylic oxidation sites excluding steroid dienone is 1. The molecule has 0 aliphatic heterocycles. The molecule has 2 heteroatoms. The predicted molar refractivity (Wildman–Crippen MR) is 70.8 cm³/mol. The fraction of sp³-hybridized carbons (Fsp3) is 0.357. The monoisotopic (exact) mass is 216 g/mol. The maximum atomic E-state index is 7.19. The molecule has 0 fully saturated rings. The molecule has 0 aliphatic carbocycles. The van der Waals surface area contributed by atoms with E-state index in [1.165, 1.54) is 11.8 Å². The third kappa shape index (κ3) is 3.89. The van der Waals surface area contributed by atoms with Gasteiger partial charge in [0.2, 0.25) is 0 Å². The summed E-state index contributed by atoms with van der Waals surface area (Å²) in [5.74, 6) is 0. The highest BCUT2D eigenvalue weighted by molar-refractivity contribution is 5.82. The topological polar surface area (TPSA) is 35.9 Å². The Hall–Kier alpha value is -1.57. The molecule has 0 atom stereocenters. The summed E-state index contributed by atoms with van der Waals surface area (Å²) in [6.45, 7) is 8.40. The minimum absolute atomic E-state index is 0.000268. The molecule has 0 unspecified atom stereocenters. The molecule has 1 aromatic carbocycles. The van der Waals surface area contributed by atoms with Crippen LogP contribution in [0.4, 0.5) is 0 Å². The Bertz CT molecular complexity index is 380. The molecule has 0 bridgehead atoms. The second kappa shape index (κ2) is 4.97. The van der Waals surface area contributed by atoms with Gasteiger partial charge in [-0.1, -0.05) is 29.8 Å². The number of nitrogens with one attached hydrogen (secondary N) is 2. The van der Waals surface area contributed by atoms with Crippen LogP contribution >= 0.6 is 0 Å². The van der Waals surface area contributed by atoms with Gasteiger partial charge in [-0.2, -0.15) is 0 Å². The van der Waals surface area contributed by atoms with Crippen LogP contribution in [-0.2, 0) is 0 Å². The van der Waals surface area contributed by atoms with Crippen LogP contribution in [0.2, 0.25) is 0 Å². The van der Waals surface area contributed by atoms with Crippen molar-refractivity contribution >= 4 is 11.9 Å². The molecule has 86 valence electrons. The van der Waals surface area contributed by atoms with Crippen molar-refractivity contribution in [2.75, 3.05) is 0 Å². The molecule has 0 heterocycles. The highest BCUT2D eigenvalue weighted by Crippen LogP contribution is 2.15. The van der Waals surface area contributed by atoms with E-state index in [4.69, 9.17) is 5.41 Å². The molecule has 0 aromatic heterocycles. The first-order valence-electron chi connectivity index (χ1n) is 5.48. The summed E-state index contributed by atoms with van der Waals surface area (Å²) >= 11 is 0. The average Bonchev–Trinajstić information content (AvgIpc) is 2.16. The van der Waals surface area contributed by atoms with Crippen LogP contribution in [0, 0.1) is 12.3 Å². The van der Waals surface area contributed by atoms with Gasteiger partial charge in [0.15, 0.2) is 0 Å². The molecule has 2 nitrogen and oxygen atoms in total. The first-order valence-corrected chi connectivity index (χ1v) is 5.48. The van der Waals surface area contributed by atoms with Gasteiger partial charge in [0.05, 0.1) is 0 Å². The van der Waals surface area contributed by atoms with Crippen molar-refractivity contribution in [1.82, 2.24) is 5.32 Å². The Morgan fingerprint density at radius 3 is 2.19 bits per heavy atom. The van der Waals surface area contributed by atoms with E-state index in [1.807, 2.05) is 0 Å². The lowest BCUT2D eigenvalue weighted by molar-refractivity contribution is 0.501. The van der Waals surface area contributed by atoms with Gasteiger partial charge in [-0.3, -0.25) is 0 Å². The molecule has 0 radical (unpaired) electrons. The average molecular weight is 216 g/mol. The van der Waals surface area contributed by atoms with Gasteiger partial charge in [-0.05, 0) is 39.3 Å². The second-order valence-corrected chi connectivity index (χ2v) is 4.99. The van der Waals surface area contributed by atoms with Gasteiger partial charge in [0.1, 0.15) is 0 Å². The lowest BCUT2D eigenvalue weighted by atomic mass is 10.0. The molecule has 16 heavy (non-hydrogen) atoms. The summed E-state index contributed by atoms with van der Waals surface area (Å²) in [7, 11) is 0. The molecule has 2 N–H and O–H groups in total. The van der Waals surface area contributed by atoms with Gasteiger partial charge < -0.3 is 10.7 Å². The van der Waals surface area contributed by atoms with Crippen molar-refractivity contribution in [3.63, 3.8) is 0 Å². The molecular formula is C14H20N2. The molecule has 1 aromatic rings. The summed E-state index contributed by atoms with van der Waals surface area (Å²) in [5.41, 5.74) is 3.35. The lowest BCUT2D eigenvalue weighted by Gasteiger charge is -2.24. The van der Waals surface area contributed by atoms with Crippen molar-refractivity contribution in [3.8, 4) is 0 Å². The van der Waals surface area contributed by atoms with Crippen LogP contribution in [0.25, 0.3) is 5.70 Å². The van der Waals surface area contributed by atoms with E-state index < -0.39 is 0 Å². The van der Waals surface area contributed by atoms with Crippen LogP contribution < -0.4 is 5.32 Å². The standard InChI is InChI=1S/C14H20N2/c1-11-5-7-12(8-6-11)13(9-10-15)16-14(2,3)4/h5-10,15-16H,1-4H3/b13-9-,15-10?. The van der Waals surface area contributed by atoms with Crippen molar-refractivity contribution in [1.29, 1.82) is 5.41 Å². The van der Waals surface area contributed by atoms with Gasteiger partial charge in [-0.25, -0.2) is 0 Å². The molecule has 0 saturated carbocycles. The van der Waals surface area contributed by atoms with Crippen molar-refractivity contribution < 1.29 is 0 Å². The Morgan fingerprint density at radius 1 is 1.19 bits per heavy atom. The zero-order chi connectivity index (χ0) is 12.2. The first kappa shape index (κ1) is 12.5. The summed E-state index contributed by atoms with van der Waals surface area (Å²) in [5, 5.41) is 10.6. The minimum atomic E-state index is -0.000268. The minimum Gasteiger partial charge on any atom is -0.380 e. The summed E-state index contributed by atoms with van der Waals surface area (Å²) in [4.78, 5) is 0. The highest BCUT2D eigenvalue weighted by Gasteiger charge is 2.11. The second-order valence-electron chi connectivity index (χ2n) is 4.99. The number of hydrogen-bond acceptors (Lipinski definition) is 2. The molecule has 1 rings (SSSR count). The number of benzene rings is 1. The zero-order valence-electron chi connectivity index (χ0n) is 10.5. The first-order chi connectivity index (χ1) is 7.42. The van der Waals surface area contributed by atoms with E-state index in [2.05, 4.69) is 57.3 Å². The molecular weight excluding hydrogens is 196 g/mol. The van der Waals surface area contributed by atoms with E-state index in [1.54, 1.807) is 6.08 Å². The Balaban J connectivity index is 2.99. The van der Waals surface area contributed by atoms with Crippen LogP contribution in [0.3, 0.4) is 0 Å². The summed E-state index contributed by atoms with van der Waals surface area (Å²) in [6, 6.07) is 8.31. The van der Waals surface area contributed by atoms with E-state index in [0.717, 1.165) is 11.3 Å². The normalized spacial score (nSPS) is 12.4. The highest BCUT2D eigenvalue weighted by atomic mass is 15.0. The van der Waals surface area contributed by atoms with Crippen LogP contribution in [-0.4, -0.2) is 11.8 Å². The van der Waals surface area contributed by atoms with Crippen molar-refractivity contribution in [2.24, 2.45) is 0 Å². The quantitative estimate of drug-likeness (QED) is 0.747. The van der Waals surface area contributed by atoms with Gasteiger partial charge >= 0.3 is 0 Å².